The van der Waals surface area contributed by atoms with Gasteiger partial charge >= 0.3 is 5.97 Å². The van der Waals surface area contributed by atoms with Crippen molar-refractivity contribution in [2.24, 2.45) is 0 Å². The van der Waals surface area contributed by atoms with Crippen molar-refractivity contribution in [2.45, 2.75) is 20.4 Å². The van der Waals surface area contributed by atoms with Gasteiger partial charge in [0.05, 0.1) is 6.61 Å². The number of furan rings is 1. The number of likely N-dealkylation sites (N-methyl/N-ethyl adjacent to an activating group) is 1. The van der Waals surface area contributed by atoms with Crippen LogP contribution in [0.5, 0.6) is 0 Å². The molecule has 1 aromatic heterocycles. The highest BCUT2D eigenvalue weighted by Crippen LogP contribution is 2.16. The molecule has 5 nitrogen and oxygen atoms in total. The molecule has 96 valence electrons. The quantitative estimate of drug-likeness (QED) is 0.737. The molecule has 0 aromatic carbocycles. The van der Waals surface area contributed by atoms with Crippen molar-refractivity contribution >= 4 is 5.97 Å². The normalized spacial score (nSPS) is 11.1. The summed E-state index contributed by atoms with van der Waals surface area (Å²) in [5, 5.41) is 8.80. The zero-order valence-corrected chi connectivity index (χ0v) is 10.5. The number of nitrogens with zero attached hydrogens (tertiary/aromatic N) is 1. The molecule has 0 bridgehead atoms. The predicted molar refractivity (Wildman–Crippen MR) is 63.2 cm³/mol. The highest BCUT2D eigenvalue weighted by molar-refractivity contribution is 5.84. The Morgan fingerprint density at radius 1 is 1.59 bits per heavy atom. The van der Waals surface area contributed by atoms with Crippen molar-refractivity contribution in [1.29, 1.82) is 0 Å². The van der Waals surface area contributed by atoms with E-state index in [-0.39, 0.29) is 5.76 Å². The van der Waals surface area contributed by atoms with E-state index in [1.165, 1.54) is 0 Å². The van der Waals surface area contributed by atoms with E-state index in [2.05, 4.69) is 4.90 Å². The van der Waals surface area contributed by atoms with E-state index in [1.54, 1.807) is 13.0 Å². The SMILES string of the molecule is CCOCCN(C)Cc1cc(C(=O)O)oc1C. The van der Waals surface area contributed by atoms with Gasteiger partial charge in [0.1, 0.15) is 5.76 Å². The Balaban J connectivity index is 2.52. The second-order valence-corrected chi connectivity index (χ2v) is 3.93. The van der Waals surface area contributed by atoms with Crippen molar-refractivity contribution in [3.05, 3.63) is 23.2 Å². The topological polar surface area (TPSA) is 62.9 Å². The molecule has 0 atom stereocenters. The molecule has 1 heterocycles. The van der Waals surface area contributed by atoms with E-state index in [0.29, 0.717) is 25.5 Å². The van der Waals surface area contributed by atoms with Gasteiger partial charge in [-0.3, -0.25) is 4.90 Å². The maximum atomic E-state index is 10.7. The van der Waals surface area contributed by atoms with Gasteiger partial charge in [-0.15, -0.1) is 0 Å². The molecule has 0 aliphatic carbocycles. The molecule has 0 fully saturated rings. The minimum absolute atomic E-state index is 0.00397. The summed E-state index contributed by atoms with van der Waals surface area (Å²) in [5.74, 6) is -0.377. The number of hydrogen-bond donors (Lipinski definition) is 1. The van der Waals surface area contributed by atoms with Gasteiger partial charge in [0.2, 0.25) is 5.76 Å². The molecule has 0 aliphatic heterocycles. The first-order chi connectivity index (χ1) is 8.04. The number of hydrogen-bond acceptors (Lipinski definition) is 4. The molecular formula is C12H19NO4. The van der Waals surface area contributed by atoms with E-state index < -0.39 is 5.97 Å². The minimum Gasteiger partial charge on any atom is -0.475 e. The van der Waals surface area contributed by atoms with Crippen LogP contribution in [0, 0.1) is 6.92 Å². The molecule has 1 aromatic rings. The Kier molecular flexibility index (Phi) is 5.18. The first-order valence-electron chi connectivity index (χ1n) is 5.63. The molecule has 5 heteroatoms. The van der Waals surface area contributed by atoms with Crippen LogP contribution >= 0.6 is 0 Å². The first-order valence-corrected chi connectivity index (χ1v) is 5.63. The summed E-state index contributed by atoms with van der Waals surface area (Å²) in [6.07, 6.45) is 0. The molecule has 0 radical (unpaired) electrons. The summed E-state index contributed by atoms with van der Waals surface area (Å²) < 4.78 is 10.4. The van der Waals surface area contributed by atoms with Crippen LogP contribution in [-0.2, 0) is 11.3 Å². The molecule has 0 saturated carbocycles. The second kappa shape index (κ2) is 6.42. The molecule has 0 spiro atoms. The lowest BCUT2D eigenvalue weighted by molar-refractivity contribution is 0.0661. The second-order valence-electron chi connectivity index (χ2n) is 3.93. The third kappa shape index (κ3) is 4.20. The summed E-state index contributed by atoms with van der Waals surface area (Å²) in [6.45, 7) is 6.59. The summed E-state index contributed by atoms with van der Waals surface area (Å²) in [6, 6.07) is 1.58. The van der Waals surface area contributed by atoms with E-state index in [0.717, 1.165) is 12.1 Å². The smallest absolute Gasteiger partial charge is 0.371 e. The summed E-state index contributed by atoms with van der Waals surface area (Å²) in [4.78, 5) is 12.8. The van der Waals surface area contributed by atoms with Gasteiger partial charge in [0.15, 0.2) is 0 Å². The van der Waals surface area contributed by atoms with Crippen LogP contribution in [0.15, 0.2) is 10.5 Å². The van der Waals surface area contributed by atoms with E-state index in [9.17, 15) is 4.79 Å². The third-order valence-corrected chi connectivity index (χ3v) is 2.49. The van der Waals surface area contributed by atoms with Crippen LogP contribution < -0.4 is 0 Å². The maximum absolute atomic E-state index is 10.7. The number of carbonyl (C=O) groups is 1. The number of ether oxygens (including phenoxy) is 1. The Hall–Kier alpha value is -1.33. The van der Waals surface area contributed by atoms with Gasteiger partial charge in [-0.2, -0.15) is 0 Å². The Morgan fingerprint density at radius 2 is 2.29 bits per heavy atom. The van der Waals surface area contributed by atoms with Crippen molar-refractivity contribution in [3.63, 3.8) is 0 Å². The third-order valence-electron chi connectivity index (χ3n) is 2.49. The van der Waals surface area contributed by atoms with Crippen molar-refractivity contribution < 1.29 is 19.1 Å². The highest BCUT2D eigenvalue weighted by Gasteiger charge is 2.14. The van der Waals surface area contributed by atoms with Crippen LogP contribution in [-0.4, -0.2) is 42.8 Å². The number of rotatable bonds is 7. The van der Waals surface area contributed by atoms with Crippen LogP contribution in [0.25, 0.3) is 0 Å². The largest absolute Gasteiger partial charge is 0.475 e. The number of aryl methyl sites for hydroxylation is 1. The van der Waals surface area contributed by atoms with Gasteiger partial charge in [0.25, 0.3) is 0 Å². The molecule has 0 unspecified atom stereocenters. The molecule has 1 rings (SSSR count). The van der Waals surface area contributed by atoms with Crippen molar-refractivity contribution in [3.8, 4) is 0 Å². The van der Waals surface area contributed by atoms with E-state index in [1.807, 2.05) is 14.0 Å². The van der Waals surface area contributed by atoms with Crippen molar-refractivity contribution in [1.82, 2.24) is 4.90 Å². The van der Waals surface area contributed by atoms with Gasteiger partial charge in [-0.1, -0.05) is 0 Å². The average Bonchev–Trinajstić information content (AvgIpc) is 2.61. The van der Waals surface area contributed by atoms with Gasteiger partial charge in [-0.25, -0.2) is 4.79 Å². The van der Waals surface area contributed by atoms with Gasteiger partial charge in [0, 0.05) is 25.3 Å². The fraction of sp³-hybridized carbons (Fsp3) is 0.583. The number of carboxylic acids is 1. The Morgan fingerprint density at radius 3 is 2.82 bits per heavy atom. The highest BCUT2D eigenvalue weighted by atomic mass is 16.5. The van der Waals surface area contributed by atoms with Gasteiger partial charge in [-0.05, 0) is 27.0 Å². The molecule has 17 heavy (non-hydrogen) atoms. The molecular weight excluding hydrogens is 222 g/mol. The average molecular weight is 241 g/mol. The number of aromatic carboxylic acids is 1. The lowest BCUT2D eigenvalue weighted by Crippen LogP contribution is -2.22. The maximum Gasteiger partial charge on any atom is 0.371 e. The lowest BCUT2D eigenvalue weighted by atomic mass is 10.2. The fourth-order valence-corrected chi connectivity index (χ4v) is 1.52. The van der Waals surface area contributed by atoms with E-state index in [4.69, 9.17) is 14.3 Å². The molecule has 0 amide bonds. The van der Waals surface area contributed by atoms with E-state index >= 15 is 0 Å². The summed E-state index contributed by atoms with van der Waals surface area (Å²) in [5.41, 5.74) is 0.904. The summed E-state index contributed by atoms with van der Waals surface area (Å²) in [7, 11) is 1.96. The fourth-order valence-electron chi connectivity index (χ4n) is 1.52. The number of carboxylic acid groups (broad SMARTS) is 1. The summed E-state index contributed by atoms with van der Waals surface area (Å²) >= 11 is 0. The van der Waals surface area contributed by atoms with Crippen molar-refractivity contribution in [2.75, 3.05) is 26.8 Å². The zero-order valence-electron chi connectivity index (χ0n) is 10.5. The van der Waals surface area contributed by atoms with Crippen LogP contribution in [0.3, 0.4) is 0 Å². The standard InChI is InChI=1S/C12H19NO4/c1-4-16-6-5-13(3)8-10-7-11(12(14)15)17-9(10)2/h7H,4-6,8H2,1-3H3,(H,14,15). The van der Waals surface area contributed by atoms with Gasteiger partial charge < -0.3 is 14.3 Å². The van der Waals surface area contributed by atoms with Crippen LogP contribution in [0.1, 0.15) is 28.8 Å². The van der Waals surface area contributed by atoms with Crippen LogP contribution in [0.4, 0.5) is 0 Å². The van der Waals surface area contributed by atoms with Crippen LogP contribution in [0.2, 0.25) is 0 Å². The first kappa shape index (κ1) is 13.7. The molecule has 0 saturated heterocycles. The lowest BCUT2D eigenvalue weighted by Gasteiger charge is -2.15. The molecule has 0 aliphatic rings. The molecule has 1 N–H and O–H groups in total. The zero-order chi connectivity index (χ0) is 12.8. The monoisotopic (exact) mass is 241 g/mol. The Labute approximate surface area is 101 Å². The predicted octanol–water partition coefficient (Wildman–Crippen LogP) is 1.75. The minimum atomic E-state index is -1.03. The Bertz CT molecular complexity index is 373.